The zero-order chi connectivity index (χ0) is 15.0. The molecule has 0 aliphatic rings. The molecule has 0 aliphatic carbocycles. The molecule has 5 heteroatoms. The van der Waals surface area contributed by atoms with Crippen LogP contribution in [0.2, 0.25) is 0 Å². The van der Waals surface area contributed by atoms with Gasteiger partial charge < -0.3 is 14.6 Å². The van der Waals surface area contributed by atoms with Crippen molar-refractivity contribution in [3.8, 4) is 11.8 Å². The maximum Gasteiger partial charge on any atom is 0.345 e. The fraction of sp³-hybridized carbons (Fsp3) is 0.200. The number of carbonyl (C=O) groups is 2. The molecule has 0 saturated carbocycles. The fourth-order valence-electron chi connectivity index (χ4n) is 1.45. The Bertz CT molecular complexity index is 572. The van der Waals surface area contributed by atoms with E-state index < -0.39 is 11.9 Å². The number of hydrogen-bond donors (Lipinski definition) is 1. The highest BCUT2D eigenvalue weighted by Crippen LogP contribution is 2.14. The standard InChI is InChI=1S/C15H14O5/c1-19-14(17)13(15(18)20-2)10-12-7-4-3-6-11(12)8-5-9-16/h3-4,6-7,10,16H,9H2,1-2H3. The van der Waals surface area contributed by atoms with Crippen molar-refractivity contribution in [3.05, 3.63) is 41.0 Å². The summed E-state index contributed by atoms with van der Waals surface area (Å²) in [6.45, 7) is -0.279. The minimum atomic E-state index is -0.790. The van der Waals surface area contributed by atoms with Crippen molar-refractivity contribution in [2.45, 2.75) is 0 Å². The van der Waals surface area contributed by atoms with Gasteiger partial charge in [0.25, 0.3) is 0 Å². The molecule has 0 fully saturated rings. The first kappa shape index (κ1) is 15.5. The smallest absolute Gasteiger partial charge is 0.345 e. The molecular weight excluding hydrogens is 260 g/mol. The van der Waals surface area contributed by atoms with E-state index in [-0.39, 0.29) is 12.2 Å². The van der Waals surface area contributed by atoms with Gasteiger partial charge in [-0.25, -0.2) is 9.59 Å². The van der Waals surface area contributed by atoms with E-state index in [1.54, 1.807) is 24.3 Å². The Kier molecular flexibility index (Phi) is 6.01. The molecule has 1 aromatic rings. The molecule has 1 aromatic carbocycles. The molecule has 0 heterocycles. The van der Waals surface area contributed by atoms with Crippen molar-refractivity contribution in [1.29, 1.82) is 0 Å². The number of methoxy groups -OCH3 is 2. The van der Waals surface area contributed by atoms with Gasteiger partial charge in [0.05, 0.1) is 14.2 Å². The van der Waals surface area contributed by atoms with E-state index in [4.69, 9.17) is 5.11 Å². The predicted octanol–water partition coefficient (Wildman–Crippen LogP) is 0.760. The normalized spacial score (nSPS) is 8.95. The maximum absolute atomic E-state index is 11.6. The minimum absolute atomic E-state index is 0.228. The van der Waals surface area contributed by atoms with E-state index in [1.165, 1.54) is 20.3 Å². The Morgan fingerprint density at radius 2 is 1.80 bits per heavy atom. The van der Waals surface area contributed by atoms with Crippen LogP contribution >= 0.6 is 0 Å². The summed E-state index contributed by atoms with van der Waals surface area (Å²) in [6.07, 6.45) is 1.35. The molecule has 0 bridgehead atoms. The third kappa shape index (κ3) is 3.97. The van der Waals surface area contributed by atoms with Crippen molar-refractivity contribution >= 4 is 18.0 Å². The van der Waals surface area contributed by atoms with Crippen LogP contribution in [0.15, 0.2) is 29.8 Å². The molecule has 5 nitrogen and oxygen atoms in total. The lowest BCUT2D eigenvalue weighted by atomic mass is 10.0. The van der Waals surface area contributed by atoms with E-state index in [0.29, 0.717) is 11.1 Å². The van der Waals surface area contributed by atoms with Crippen molar-refractivity contribution in [2.24, 2.45) is 0 Å². The first-order valence-electron chi connectivity index (χ1n) is 5.71. The number of aliphatic hydroxyl groups excluding tert-OH is 1. The summed E-state index contributed by atoms with van der Waals surface area (Å²) in [5, 5.41) is 8.72. The molecule has 0 radical (unpaired) electrons. The van der Waals surface area contributed by atoms with Gasteiger partial charge in [-0.1, -0.05) is 30.0 Å². The van der Waals surface area contributed by atoms with Crippen LogP contribution in [0.4, 0.5) is 0 Å². The number of aliphatic hydroxyl groups is 1. The monoisotopic (exact) mass is 274 g/mol. The van der Waals surface area contributed by atoms with Crippen LogP contribution in [-0.2, 0) is 19.1 Å². The molecular formula is C15H14O5. The van der Waals surface area contributed by atoms with Gasteiger partial charge in [0.15, 0.2) is 0 Å². The number of carbonyl (C=O) groups excluding carboxylic acids is 2. The quantitative estimate of drug-likeness (QED) is 0.290. The van der Waals surface area contributed by atoms with Crippen LogP contribution in [0.5, 0.6) is 0 Å². The highest BCUT2D eigenvalue weighted by Gasteiger charge is 2.19. The zero-order valence-corrected chi connectivity index (χ0v) is 11.2. The van der Waals surface area contributed by atoms with E-state index in [9.17, 15) is 9.59 Å². The van der Waals surface area contributed by atoms with Crippen LogP contribution in [0.25, 0.3) is 6.08 Å². The molecule has 0 saturated heterocycles. The largest absolute Gasteiger partial charge is 0.465 e. The van der Waals surface area contributed by atoms with Gasteiger partial charge in [-0.2, -0.15) is 0 Å². The Labute approximate surface area is 116 Å². The van der Waals surface area contributed by atoms with Crippen LogP contribution in [0.1, 0.15) is 11.1 Å². The lowest BCUT2D eigenvalue weighted by molar-refractivity contribution is -0.143. The van der Waals surface area contributed by atoms with E-state index >= 15 is 0 Å². The van der Waals surface area contributed by atoms with E-state index in [0.717, 1.165) is 0 Å². The highest BCUT2D eigenvalue weighted by atomic mass is 16.5. The van der Waals surface area contributed by atoms with Crippen molar-refractivity contribution < 1.29 is 24.2 Å². The number of ether oxygens (including phenoxy) is 2. The molecule has 0 aliphatic heterocycles. The van der Waals surface area contributed by atoms with Gasteiger partial charge in [0, 0.05) is 5.56 Å². The number of benzene rings is 1. The van der Waals surface area contributed by atoms with Gasteiger partial charge in [-0.05, 0) is 17.7 Å². The Morgan fingerprint density at radius 3 is 2.35 bits per heavy atom. The average Bonchev–Trinajstić information content (AvgIpc) is 2.49. The summed E-state index contributed by atoms with van der Waals surface area (Å²) in [4.78, 5) is 23.1. The Hall–Kier alpha value is -2.58. The van der Waals surface area contributed by atoms with Crippen molar-refractivity contribution in [2.75, 3.05) is 20.8 Å². The zero-order valence-electron chi connectivity index (χ0n) is 11.2. The molecule has 0 unspecified atom stereocenters. The summed E-state index contributed by atoms with van der Waals surface area (Å²) in [6, 6.07) is 6.89. The van der Waals surface area contributed by atoms with Gasteiger partial charge >= 0.3 is 11.9 Å². The summed E-state index contributed by atoms with van der Waals surface area (Å²) < 4.78 is 9.09. The van der Waals surface area contributed by atoms with Crippen LogP contribution < -0.4 is 0 Å². The summed E-state index contributed by atoms with van der Waals surface area (Å²) in [5.74, 6) is 3.66. The molecule has 0 amide bonds. The summed E-state index contributed by atoms with van der Waals surface area (Å²) >= 11 is 0. The SMILES string of the molecule is COC(=O)C(=Cc1ccccc1C#CCO)C(=O)OC. The first-order chi connectivity index (χ1) is 9.63. The molecule has 0 atom stereocenters. The fourth-order valence-corrected chi connectivity index (χ4v) is 1.45. The number of rotatable bonds is 3. The lowest BCUT2D eigenvalue weighted by Gasteiger charge is -2.04. The second kappa shape index (κ2) is 7.77. The van der Waals surface area contributed by atoms with Gasteiger partial charge in [0.1, 0.15) is 12.2 Å². The van der Waals surface area contributed by atoms with Crippen LogP contribution in [0.3, 0.4) is 0 Å². The number of hydrogen-bond acceptors (Lipinski definition) is 5. The molecule has 0 aromatic heterocycles. The predicted molar refractivity (Wildman–Crippen MR) is 72.4 cm³/mol. The summed E-state index contributed by atoms with van der Waals surface area (Å²) in [5.41, 5.74) is 0.902. The third-order valence-electron chi connectivity index (χ3n) is 2.37. The number of esters is 2. The van der Waals surface area contributed by atoms with Crippen molar-refractivity contribution in [3.63, 3.8) is 0 Å². The van der Waals surface area contributed by atoms with E-state index in [2.05, 4.69) is 21.3 Å². The molecule has 1 rings (SSSR count). The van der Waals surface area contributed by atoms with Gasteiger partial charge in [-0.15, -0.1) is 0 Å². The third-order valence-corrected chi connectivity index (χ3v) is 2.37. The van der Waals surface area contributed by atoms with E-state index in [1.807, 2.05) is 0 Å². The highest BCUT2D eigenvalue weighted by molar-refractivity contribution is 6.17. The second-order valence-corrected chi connectivity index (χ2v) is 3.59. The van der Waals surface area contributed by atoms with Crippen LogP contribution in [0, 0.1) is 11.8 Å². The lowest BCUT2D eigenvalue weighted by Crippen LogP contribution is -2.15. The summed E-state index contributed by atoms with van der Waals surface area (Å²) in [7, 11) is 2.35. The van der Waals surface area contributed by atoms with Gasteiger partial charge in [0.2, 0.25) is 0 Å². The maximum atomic E-state index is 11.6. The Morgan fingerprint density at radius 1 is 1.20 bits per heavy atom. The molecule has 104 valence electrons. The molecule has 1 N–H and O–H groups in total. The van der Waals surface area contributed by atoms with Gasteiger partial charge in [-0.3, -0.25) is 0 Å². The first-order valence-corrected chi connectivity index (χ1v) is 5.71. The van der Waals surface area contributed by atoms with Crippen LogP contribution in [-0.4, -0.2) is 37.9 Å². The minimum Gasteiger partial charge on any atom is -0.465 e. The Balaban J connectivity index is 3.30. The average molecular weight is 274 g/mol. The topological polar surface area (TPSA) is 72.8 Å². The van der Waals surface area contributed by atoms with Crippen molar-refractivity contribution in [1.82, 2.24) is 0 Å². The molecule has 0 spiro atoms. The molecule has 20 heavy (non-hydrogen) atoms. The second-order valence-electron chi connectivity index (χ2n) is 3.59.